The Hall–Kier alpha value is -2.83. The maximum atomic E-state index is 13.0. The SMILES string of the molecule is COC(=O)c1c(C)n(C(C)c2ccnc(C(F)(F)F)c2)c2ccccc12. The van der Waals surface area contributed by atoms with Gasteiger partial charge in [0.1, 0.15) is 5.69 Å². The van der Waals surface area contributed by atoms with Crippen molar-refractivity contribution in [1.29, 1.82) is 0 Å². The van der Waals surface area contributed by atoms with Crippen molar-refractivity contribution < 1.29 is 22.7 Å². The van der Waals surface area contributed by atoms with Gasteiger partial charge < -0.3 is 9.30 Å². The largest absolute Gasteiger partial charge is 0.465 e. The Morgan fingerprint density at radius 1 is 1.23 bits per heavy atom. The number of esters is 1. The number of hydrogen-bond donors (Lipinski definition) is 0. The summed E-state index contributed by atoms with van der Waals surface area (Å²) >= 11 is 0. The van der Waals surface area contributed by atoms with Gasteiger partial charge in [-0.3, -0.25) is 4.98 Å². The highest BCUT2D eigenvalue weighted by Crippen LogP contribution is 2.34. The maximum absolute atomic E-state index is 13.0. The van der Waals surface area contributed by atoms with Gasteiger partial charge in [0.25, 0.3) is 0 Å². The predicted octanol–water partition coefficient (Wildman–Crippen LogP) is 4.76. The number of pyridine rings is 1. The van der Waals surface area contributed by atoms with Crippen LogP contribution in [-0.2, 0) is 10.9 Å². The second-order valence-corrected chi connectivity index (χ2v) is 5.99. The average molecular weight is 362 g/mol. The lowest BCUT2D eigenvalue weighted by atomic mass is 10.1. The number of rotatable bonds is 3. The highest BCUT2D eigenvalue weighted by atomic mass is 19.4. The molecule has 0 spiro atoms. The Kier molecular flexibility index (Phi) is 4.48. The summed E-state index contributed by atoms with van der Waals surface area (Å²) in [5.41, 5.74) is 1.32. The van der Waals surface area contributed by atoms with E-state index in [4.69, 9.17) is 4.74 Å². The van der Waals surface area contributed by atoms with Crippen molar-refractivity contribution in [2.45, 2.75) is 26.1 Å². The molecule has 1 unspecified atom stereocenters. The van der Waals surface area contributed by atoms with Gasteiger partial charge in [-0.1, -0.05) is 18.2 Å². The first-order valence-electron chi connectivity index (χ1n) is 7.96. The zero-order valence-electron chi connectivity index (χ0n) is 14.5. The summed E-state index contributed by atoms with van der Waals surface area (Å²) in [5.74, 6) is -0.477. The number of alkyl halides is 3. The third-order valence-electron chi connectivity index (χ3n) is 4.49. The number of nitrogens with zero attached hydrogens (tertiary/aromatic N) is 2. The lowest BCUT2D eigenvalue weighted by molar-refractivity contribution is -0.141. The maximum Gasteiger partial charge on any atom is 0.433 e. The number of carbonyl (C=O) groups is 1. The molecule has 2 aromatic heterocycles. The Balaban J connectivity index is 2.20. The topological polar surface area (TPSA) is 44.1 Å². The van der Waals surface area contributed by atoms with Gasteiger partial charge in [-0.05, 0) is 37.6 Å². The van der Waals surface area contributed by atoms with Crippen LogP contribution in [0.3, 0.4) is 0 Å². The van der Waals surface area contributed by atoms with Crippen LogP contribution in [0.2, 0.25) is 0 Å². The molecule has 0 fully saturated rings. The standard InChI is InChI=1S/C19H17F3N2O2/c1-11(13-8-9-23-16(10-13)19(20,21)22)24-12(2)17(18(25)26-3)14-6-4-5-7-15(14)24/h4-11H,1-3H3. The van der Waals surface area contributed by atoms with Gasteiger partial charge in [-0.25, -0.2) is 4.79 Å². The van der Waals surface area contributed by atoms with Gasteiger partial charge in [0, 0.05) is 22.8 Å². The molecule has 0 aliphatic rings. The highest BCUT2D eigenvalue weighted by Gasteiger charge is 2.33. The molecule has 0 bridgehead atoms. The van der Waals surface area contributed by atoms with Crippen molar-refractivity contribution in [3.63, 3.8) is 0 Å². The summed E-state index contributed by atoms with van der Waals surface area (Å²) in [6, 6.07) is 9.41. The number of aromatic nitrogens is 2. The Bertz CT molecular complexity index is 977. The first kappa shape index (κ1) is 18.0. The zero-order chi connectivity index (χ0) is 19.1. The number of fused-ring (bicyclic) bond motifs is 1. The number of para-hydroxylation sites is 1. The molecule has 0 aliphatic heterocycles. The van der Waals surface area contributed by atoms with Crippen molar-refractivity contribution in [1.82, 2.24) is 9.55 Å². The second kappa shape index (κ2) is 6.48. The number of halogens is 3. The monoisotopic (exact) mass is 362 g/mol. The fourth-order valence-electron chi connectivity index (χ4n) is 3.26. The third-order valence-corrected chi connectivity index (χ3v) is 4.49. The van der Waals surface area contributed by atoms with Crippen LogP contribution in [0.15, 0.2) is 42.6 Å². The number of benzene rings is 1. The Labute approximate surface area is 148 Å². The summed E-state index contributed by atoms with van der Waals surface area (Å²) in [6.45, 7) is 3.55. The molecular formula is C19H17F3N2O2. The first-order valence-corrected chi connectivity index (χ1v) is 7.96. The van der Waals surface area contributed by atoms with E-state index >= 15 is 0 Å². The minimum absolute atomic E-state index is 0.417. The van der Waals surface area contributed by atoms with Crippen molar-refractivity contribution in [2.24, 2.45) is 0 Å². The quantitative estimate of drug-likeness (QED) is 0.631. The molecule has 1 aromatic carbocycles. The molecule has 0 N–H and O–H groups in total. The molecule has 3 rings (SSSR count). The molecule has 4 nitrogen and oxygen atoms in total. The van der Waals surface area contributed by atoms with E-state index in [1.807, 2.05) is 16.7 Å². The fraction of sp³-hybridized carbons (Fsp3) is 0.263. The Morgan fingerprint density at radius 3 is 2.58 bits per heavy atom. The molecule has 26 heavy (non-hydrogen) atoms. The first-order chi connectivity index (χ1) is 12.3. The number of carbonyl (C=O) groups excluding carboxylic acids is 1. The molecule has 3 aromatic rings. The van der Waals surface area contributed by atoms with Crippen LogP contribution >= 0.6 is 0 Å². The molecule has 0 aliphatic carbocycles. The van der Waals surface area contributed by atoms with Gasteiger partial charge in [0.2, 0.25) is 0 Å². The molecule has 2 heterocycles. The summed E-state index contributed by atoms with van der Waals surface area (Å²) in [6.07, 6.45) is -3.36. The van der Waals surface area contributed by atoms with E-state index in [0.29, 0.717) is 22.2 Å². The summed E-state index contributed by atoms with van der Waals surface area (Å²) in [4.78, 5) is 15.6. The Morgan fingerprint density at radius 2 is 1.92 bits per heavy atom. The van der Waals surface area contributed by atoms with Crippen LogP contribution < -0.4 is 0 Å². The zero-order valence-corrected chi connectivity index (χ0v) is 14.5. The van der Waals surface area contributed by atoms with E-state index in [-0.39, 0.29) is 0 Å². The number of hydrogen-bond acceptors (Lipinski definition) is 3. The molecule has 136 valence electrons. The molecule has 1 atom stereocenters. The second-order valence-electron chi connectivity index (χ2n) is 5.99. The summed E-state index contributed by atoms with van der Waals surface area (Å²) in [7, 11) is 1.30. The van der Waals surface area contributed by atoms with E-state index in [1.54, 1.807) is 32.0 Å². The van der Waals surface area contributed by atoms with Crippen molar-refractivity contribution >= 4 is 16.9 Å². The van der Waals surface area contributed by atoms with Crippen LogP contribution in [-0.4, -0.2) is 22.6 Å². The van der Waals surface area contributed by atoms with E-state index in [0.717, 1.165) is 17.8 Å². The lowest BCUT2D eigenvalue weighted by Gasteiger charge is -2.19. The fourth-order valence-corrected chi connectivity index (χ4v) is 3.26. The minimum atomic E-state index is -4.51. The smallest absolute Gasteiger partial charge is 0.433 e. The summed E-state index contributed by atoms with van der Waals surface area (Å²) < 4.78 is 45.7. The average Bonchev–Trinajstić information content (AvgIpc) is 2.91. The van der Waals surface area contributed by atoms with Gasteiger partial charge in [0.05, 0.1) is 18.7 Å². The number of ether oxygens (including phenoxy) is 1. The molecule has 0 radical (unpaired) electrons. The van der Waals surface area contributed by atoms with Gasteiger partial charge in [0.15, 0.2) is 0 Å². The van der Waals surface area contributed by atoms with Gasteiger partial charge in [-0.2, -0.15) is 13.2 Å². The van der Waals surface area contributed by atoms with E-state index in [9.17, 15) is 18.0 Å². The van der Waals surface area contributed by atoms with Crippen LogP contribution in [0.1, 0.15) is 40.3 Å². The predicted molar refractivity (Wildman–Crippen MR) is 91.1 cm³/mol. The van der Waals surface area contributed by atoms with E-state index in [1.165, 1.54) is 7.11 Å². The third kappa shape index (κ3) is 2.94. The number of methoxy groups -OCH3 is 1. The van der Waals surface area contributed by atoms with Crippen LogP contribution in [0.5, 0.6) is 0 Å². The van der Waals surface area contributed by atoms with Gasteiger partial charge >= 0.3 is 12.1 Å². The van der Waals surface area contributed by atoms with E-state index in [2.05, 4.69) is 4.98 Å². The molecule has 0 saturated heterocycles. The lowest BCUT2D eigenvalue weighted by Crippen LogP contribution is -2.13. The van der Waals surface area contributed by atoms with Crippen molar-refractivity contribution in [3.8, 4) is 0 Å². The van der Waals surface area contributed by atoms with Crippen LogP contribution in [0.4, 0.5) is 13.2 Å². The molecular weight excluding hydrogens is 345 g/mol. The normalized spacial score (nSPS) is 13.0. The highest BCUT2D eigenvalue weighted by molar-refractivity contribution is 6.06. The van der Waals surface area contributed by atoms with Gasteiger partial charge in [-0.15, -0.1) is 0 Å². The van der Waals surface area contributed by atoms with Crippen molar-refractivity contribution in [3.05, 3.63) is 65.1 Å². The minimum Gasteiger partial charge on any atom is -0.465 e. The molecule has 0 amide bonds. The van der Waals surface area contributed by atoms with Crippen molar-refractivity contribution in [2.75, 3.05) is 7.11 Å². The summed E-state index contributed by atoms with van der Waals surface area (Å²) in [5, 5.41) is 0.703. The molecule has 7 heteroatoms. The van der Waals surface area contributed by atoms with E-state index < -0.39 is 23.9 Å². The van der Waals surface area contributed by atoms with Crippen LogP contribution in [0, 0.1) is 6.92 Å². The van der Waals surface area contributed by atoms with Crippen LogP contribution in [0.25, 0.3) is 10.9 Å². The molecule has 0 saturated carbocycles.